The molecule has 5 heteroatoms. The Hall–Kier alpha value is -8.67. The number of pyridine rings is 1. The number of benzene rings is 9. The van der Waals surface area contributed by atoms with E-state index in [9.17, 15) is 0 Å². The predicted octanol–water partition coefficient (Wildman–Crippen LogP) is 22.0. The number of ether oxygens (including phenoxy) is 1. The molecule has 0 radical (unpaired) electrons. The summed E-state index contributed by atoms with van der Waals surface area (Å²) in [5.41, 5.74) is 21.0. The van der Waals surface area contributed by atoms with Crippen LogP contribution in [0.3, 0.4) is 0 Å². The van der Waals surface area contributed by atoms with E-state index in [1.165, 1.54) is 72.1 Å². The van der Waals surface area contributed by atoms with Crippen molar-refractivity contribution in [2.45, 2.75) is 130 Å². The van der Waals surface area contributed by atoms with Crippen molar-refractivity contribution in [2.24, 2.45) is 0 Å². The lowest BCUT2D eigenvalue weighted by atomic mass is 9.73. The molecule has 5 nitrogen and oxygen atoms in total. The normalized spacial score (nSPS) is 13.2. The van der Waals surface area contributed by atoms with Gasteiger partial charge in [-0.2, -0.15) is 0 Å². The highest BCUT2D eigenvalue weighted by atomic mass is 16.5. The molecule has 2 aromatic heterocycles. The van der Waals surface area contributed by atoms with E-state index in [1.54, 1.807) is 0 Å². The van der Waals surface area contributed by atoms with Gasteiger partial charge in [0, 0.05) is 51.3 Å². The lowest BCUT2D eigenvalue weighted by molar-refractivity contribution is 0.479. The van der Waals surface area contributed by atoms with Gasteiger partial charge < -0.3 is 14.5 Å². The van der Waals surface area contributed by atoms with E-state index >= 15 is 0 Å². The Balaban J connectivity index is 1.03. The molecule has 0 bridgehead atoms. The van der Waals surface area contributed by atoms with Crippen molar-refractivity contribution in [1.82, 2.24) is 9.55 Å². The number of rotatable bonds is 13. The standard InChI is InChI=1S/C80H82N4O/c1-52(2)67-31-24-32-68(53(3)4)76(67)56-34-38-72-74(42-56)83(51-82(72)63-45-61(79(11,12)57-27-20-16-21-28-57)43-62(46-63)80(13,14)58-29-22-17-23-30-58)64-44-60(78(8,9)10)47-66(49-64)85-65-35-36-69-70-41-55(54-25-18-15-19-26-54)33-37-71(70)84(73(69)50-65)75-48-59(39-40-81-75)77(5,6)7/h15-50,52-53H,51H2,1-14H3. The van der Waals surface area contributed by atoms with Gasteiger partial charge in [0.2, 0.25) is 0 Å². The zero-order valence-electron chi connectivity index (χ0n) is 52.3. The van der Waals surface area contributed by atoms with Gasteiger partial charge in [-0.1, -0.05) is 224 Å². The highest BCUT2D eigenvalue weighted by Gasteiger charge is 2.35. The molecule has 0 aliphatic carbocycles. The Bertz CT molecular complexity index is 4170. The Morgan fingerprint density at radius 3 is 1.55 bits per heavy atom. The molecular formula is C80H82N4O. The number of aromatic nitrogens is 2. The second-order valence-electron chi connectivity index (χ2n) is 27.4. The molecule has 0 atom stereocenters. The lowest BCUT2D eigenvalue weighted by Crippen LogP contribution is -2.27. The van der Waals surface area contributed by atoms with Crippen LogP contribution in [-0.2, 0) is 21.7 Å². The zero-order valence-corrected chi connectivity index (χ0v) is 52.3. The summed E-state index contributed by atoms with van der Waals surface area (Å²) in [6, 6.07) is 78.8. The predicted molar refractivity (Wildman–Crippen MR) is 361 cm³/mol. The van der Waals surface area contributed by atoms with Crippen molar-refractivity contribution < 1.29 is 4.74 Å². The Morgan fingerprint density at radius 2 is 0.953 bits per heavy atom. The first-order chi connectivity index (χ1) is 40.5. The SMILES string of the molecule is CC(C)c1cccc(C(C)C)c1-c1ccc2c(c1)N(c1cc(Oc3ccc4c5cc(-c6ccccc6)ccc5n(-c5cc(C(C)(C)C)ccn5)c4c3)cc(C(C)(C)C)c1)CN2c1cc(C(C)(C)c2ccccc2)cc(C(C)(C)c2ccccc2)c1. The molecule has 3 heterocycles. The van der Waals surface area contributed by atoms with Crippen molar-refractivity contribution in [3.8, 4) is 39.6 Å². The van der Waals surface area contributed by atoms with Crippen LogP contribution >= 0.6 is 0 Å². The van der Waals surface area contributed by atoms with Crippen LogP contribution in [0.2, 0.25) is 0 Å². The van der Waals surface area contributed by atoms with Crippen molar-refractivity contribution in [3.63, 3.8) is 0 Å². The molecule has 0 amide bonds. The minimum absolute atomic E-state index is 0.0590. The van der Waals surface area contributed by atoms with Crippen molar-refractivity contribution in [1.29, 1.82) is 0 Å². The molecule has 428 valence electrons. The van der Waals surface area contributed by atoms with Crippen LogP contribution in [0.25, 0.3) is 49.9 Å². The fraction of sp³-hybridized carbons (Fsp3) is 0.263. The minimum Gasteiger partial charge on any atom is -0.457 e. The van der Waals surface area contributed by atoms with Gasteiger partial charge >= 0.3 is 0 Å². The third-order valence-electron chi connectivity index (χ3n) is 18.2. The Labute approximate surface area is 505 Å². The second kappa shape index (κ2) is 21.8. The largest absolute Gasteiger partial charge is 0.457 e. The van der Waals surface area contributed by atoms with Crippen molar-refractivity contribution >= 4 is 44.6 Å². The fourth-order valence-electron chi connectivity index (χ4n) is 12.8. The molecule has 11 aromatic rings. The van der Waals surface area contributed by atoms with Crippen LogP contribution in [0.1, 0.15) is 153 Å². The number of nitrogens with zero attached hydrogens (tertiary/aromatic N) is 4. The maximum absolute atomic E-state index is 7.27. The highest BCUT2D eigenvalue weighted by Crippen LogP contribution is 2.51. The highest BCUT2D eigenvalue weighted by molar-refractivity contribution is 6.11. The molecule has 0 unspecified atom stereocenters. The molecular weight excluding hydrogens is 1030 g/mol. The van der Waals surface area contributed by atoms with Gasteiger partial charge in [0.25, 0.3) is 0 Å². The molecule has 9 aromatic carbocycles. The number of fused-ring (bicyclic) bond motifs is 4. The van der Waals surface area contributed by atoms with E-state index in [2.05, 4.69) is 324 Å². The lowest BCUT2D eigenvalue weighted by Gasteiger charge is -2.33. The van der Waals surface area contributed by atoms with Crippen LogP contribution < -0.4 is 14.5 Å². The second-order valence-corrected chi connectivity index (χ2v) is 27.4. The van der Waals surface area contributed by atoms with Gasteiger partial charge in [-0.3, -0.25) is 4.57 Å². The topological polar surface area (TPSA) is 33.5 Å². The van der Waals surface area contributed by atoms with E-state index < -0.39 is 0 Å². The first-order valence-corrected chi connectivity index (χ1v) is 30.6. The van der Waals surface area contributed by atoms with E-state index in [4.69, 9.17) is 9.72 Å². The molecule has 0 fully saturated rings. The quantitative estimate of drug-likeness (QED) is 0.115. The van der Waals surface area contributed by atoms with Crippen LogP contribution in [0, 0.1) is 0 Å². The third-order valence-corrected chi connectivity index (χ3v) is 18.2. The molecule has 12 rings (SSSR count). The third kappa shape index (κ3) is 10.7. The maximum Gasteiger partial charge on any atom is 0.137 e. The monoisotopic (exact) mass is 1110 g/mol. The summed E-state index contributed by atoms with van der Waals surface area (Å²) in [5, 5.41) is 2.31. The summed E-state index contributed by atoms with van der Waals surface area (Å²) in [5.74, 6) is 3.11. The van der Waals surface area contributed by atoms with Gasteiger partial charge in [-0.25, -0.2) is 4.98 Å². The molecule has 0 N–H and O–H groups in total. The molecule has 0 spiro atoms. The smallest absolute Gasteiger partial charge is 0.137 e. The van der Waals surface area contributed by atoms with Gasteiger partial charge in [-0.15, -0.1) is 0 Å². The average Bonchev–Trinajstić information content (AvgIpc) is 1.79. The van der Waals surface area contributed by atoms with Crippen LogP contribution in [0.4, 0.5) is 22.7 Å². The molecule has 85 heavy (non-hydrogen) atoms. The van der Waals surface area contributed by atoms with Crippen molar-refractivity contribution in [2.75, 3.05) is 16.5 Å². The Kier molecular flexibility index (Phi) is 14.5. The fourth-order valence-corrected chi connectivity index (χ4v) is 12.8. The van der Waals surface area contributed by atoms with Crippen LogP contribution in [0.5, 0.6) is 11.5 Å². The molecule has 0 saturated carbocycles. The molecule has 1 aliphatic heterocycles. The summed E-state index contributed by atoms with van der Waals surface area (Å²) < 4.78 is 9.59. The number of hydrogen-bond donors (Lipinski definition) is 0. The van der Waals surface area contributed by atoms with E-state index in [1.807, 2.05) is 6.20 Å². The summed E-state index contributed by atoms with van der Waals surface area (Å²) in [7, 11) is 0. The zero-order chi connectivity index (χ0) is 59.7. The summed E-state index contributed by atoms with van der Waals surface area (Å²) in [6.45, 7) is 33.1. The van der Waals surface area contributed by atoms with Gasteiger partial charge in [0.1, 0.15) is 24.0 Å². The van der Waals surface area contributed by atoms with E-state index in [0.29, 0.717) is 18.5 Å². The molecule has 1 aliphatic rings. The van der Waals surface area contributed by atoms with Gasteiger partial charge in [0.05, 0.1) is 22.4 Å². The maximum atomic E-state index is 7.27. The van der Waals surface area contributed by atoms with Crippen molar-refractivity contribution in [3.05, 3.63) is 263 Å². The summed E-state index contributed by atoms with van der Waals surface area (Å²) in [6.07, 6.45) is 1.95. The Morgan fingerprint density at radius 1 is 0.388 bits per heavy atom. The first-order valence-electron chi connectivity index (χ1n) is 30.6. The average molecular weight is 1120 g/mol. The molecule has 0 saturated heterocycles. The van der Waals surface area contributed by atoms with Crippen LogP contribution in [0.15, 0.2) is 219 Å². The summed E-state index contributed by atoms with van der Waals surface area (Å²) >= 11 is 0. The van der Waals surface area contributed by atoms with Gasteiger partial charge in [0.15, 0.2) is 0 Å². The van der Waals surface area contributed by atoms with E-state index in [-0.39, 0.29) is 21.7 Å². The number of hydrogen-bond acceptors (Lipinski definition) is 4. The van der Waals surface area contributed by atoms with Gasteiger partial charge in [-0.05, 0) is 162 Å². The minimum atomic E-state index is -0.290. The number of anilines is 4. The summed E-state index contributed by atoms with van der Waals surface area (Å²) in [4.78, 5) is 10.1. The van der Waals surface area contributed by atoms with Crippen LogP contribution in [-0.4, -0.2) is 16.2 Å². The first kappa shape index (κ1) is 56.8. The van der Waals surface area contributed by atoms with E-state index in [0.717, 1.165) is 56.5 Å².